The van der Waals surface area contributed by atoms with E-state index in [4.69, 9.17) is 21.1 Å². The second-order valence-corrected chi connectivity index (χ2v) is 14.9. The highest BCUT2D eigenvalue weighted by Crippen LogP contribution is 2.28. The summed E-state index contributed by atoms with van der Waals surface area (Å²) in [7, 11) is -2.95. The number of carbonyl (C=O) groups excluding carboxylic acids is 1. The van der Waals surface area contributed by atoms with Crippen molar-refractivity contribution in [3.05, 3.63) is 40.8 Å². The van der Waals surface area contributed by atoms with Crippen LogP contribution in [0.3, 0.4) is 0 Å². The number of nitrogens with zero attached hydrogens (tertiary/aromatic N) is 4. The molecule has 43 heavy (non-hydrogen) atoms. The van der Waals surface area contributed by atoms with Gasteiger partial charge in [0.15, 0.2) is 27.4 Å². The molecule has 3 heterocycles. The van der Waals surface area contributed by atoms with Gasteiger partial charge in [-0.15, -0.1) is 0 Å². The molecular weight excluding hydrogens is 590 g/mol. The minimum Gasteiger partial charge on any atom is -0.479 e. The van der Waals surface area contributed by atoms with E-state index in [2.05, 4.69) is 27.1 Å². The van der Waals surface area contributed by atoms with Crippen LogP contribution in [0, 0.1) is 6.92 Å². The van der Waals surface area contributed by atoms with Crippen LogP contribution in [-0.4, -0.2) is 71.5 Å². The molecule has 1 aromatic carbocycles. The van der Waals surface area contributed by atoms with Gasteiger partial charge in [0.1, 0.15) is 17.4 Å². The summed E-state index contributed by atoms with van der Waals surface area (Å²) in [6.07, 6.45) is 9.10. The molecule has 0 amide bonds. The number of halogens is 1. The van der Waals surface area contributed by atoms with Gasteiger partial charge < -0.3 is 14.4 Å². The number of benzene rings is 1. The molecule has 1 N–H and O–H groups in total. The van der Waals surface area contributed by atoms with E-state index in [0.717, 1.165) is 24.9 Å². The Labute approximate surface area is 260 Å². The Morgan fingerprint density at radius 3 is 2.33 bits per heavy atom. The third kappa shape index (κ3) is 8.88. The van der Waals surface area contributed by atoms with Gasteiger partial charge in [0.2, 0.25) is 0 Å². The number of aromatic nitrogens is 4. The zero-order valence-electron chi connectivity index (χ0n) is 25.9. The van der Waals surface area contributed by atoms with Crippen molar-refractivity contribution < 1.29 is 22.7 Å². The number of ether oxygens (including phenoxy) is 2. The van der Waals surface area contributed by atoms with E-state index in [1.54, 1.807) is 4.52 Å². The van der Waals surface area contributed by atoms with Crippen LogP contribution in [-0.2, 0) is 24.8 Å². The summed E-state index contributed by atoms with van der Waals surface area (Å²) in [4.78, 5) is 15.5. The molecule has 1 aliphatic rings. The predicted molar refractivity (Wildman–Crippen MR) is 170 cm³/mol. The second-order valence-electron chi connectivity index (χ2n) is 12.2. The van der Waals surface area contributed by atoms with Crippen molar-refractivity contribution in [2.75, 3.05) is 36.1 Å². The molecule has 4 rings (SSSR count). The van der Waals surface area contributed by atoms with E-state index in [1.807, 2.05) is 45.0 Å². The van der Waals surface area contributed by atoms with Gasteiger partial charge in [-0.25, -0.2) is 13.2 Å². The molecule has 1 unspecified atom stereocenters. The monoisotopic (exact) mass is 635 g/mol. The molecule has 1 saturated heterocycles. The Bertz CT molecular complexity index is 1440. The van der Waals surface area contributed by atoms with Crippen LogP contribution in [0.1, 0.15) is 90.1 Å². The topological polar surface area (TPSA) is 119 Å². The molecule has 0 radical (unpaired) electrons. The van der Waals surface area contributed by atoms with E-state index in [9.17, 15) is 13.2 Å². The fourth-order valence-corrected chi connectivity index (χ4v) is 6.68. The number of anilines is 1. The largest absolute Gasteiger partial charge is 0.479 e. The number of hydrogen-bond donors (Lipinski definition) is 1. The maximum Gasteiger partial charge on any atom is 0.347 e. The van der Waals surface area contributed by atoms with Gasteiger partial charge in [-0.1, -0.05) is 63.5 Å². The first-order chi connectivity index (χ1) is 20.5. The first-order valence-electron chi connectivity index (χ1n) is 15.5. The molecule has 3 aromatic rings. The summed E-state index contributed by atoms with van der Waals surface area (Å²) in [5, 5.41) is 12.3. The molecule has 1 atom stereocenters. The van der Waals surface area contributed by atoms with E-state index in [1.165, 1.54) is 32.1 Å². The van der Waals surface area contributed by atoms with E-state index in [0.29, 0.717) is 47.4 Å². The number of nitrogens with one attached hydrogen (secondary N) is 1. The van der Waals surface area contributed by atoms with Crippen molar-refractivity contribution >= 4 is 38.7 Å². The van der Waals surface area contributed by atoms with E-state index < -0.39 is 27.3 Å². The Morgan fingerprint density at radius 2 is 1.67 bits per heavy atom. The van der Waals surface area contributed by atoms with Crippen LogP contribution >= 0.6 is 11.6 Å². The molecular formula is C31H46ClN5O5S. The molecule has 1 aliphatic heterocycles. The van der Waals surface area contributed by atoms with Crippen LogP contribution in [0.4, 0.5) is 5.69 Å². The number of unbranched alkanes of at least 4 members (excludes halogenated alkanes) is 7. The zero-order valence-corrected chi connectivity index (χ0v) is 27.5. The third-order valence-electron chi connectivity index (χ3n) is 8.04. The van der Waals surface area contributed by atoms with Gasteiger partial charge in [0.25, 0.3) is 0 Å². The quantitative estimate of drug-likeness (QED) is 0.149. The van der Waals surface area contributed by atoms with Crippen LogP contribution < -0.4 is 9.64 Å². The lowest BCUT2D eigenvalue weighted by Gasteiger charge is -2.29. The maximum absolute atomic E-state index is 13.4. The van der Waals surface area contributed by atoms with Gasteiger partial charge in [-0.3, -0.25) is 5.10 Å². The highest BCUT2D eigenvalue weighted by atomic mass is 35.5. The van der Waals surface area contributed by atoms with Crippen molar-refractivity contribution in [2.45, 2.75) is 97.0 Å². The predicted octanol–water partition coefficient (Wildman–Crippen LogP) is 6.05. The number of aromatic amines is 1. The van der Waals surface area contributed by atoms with E-state index >= 15 is 0 Å². The summed E-state index contributed by atoms with van der Waals surface area (Å²) in [6.45, 7) is 8.97. The standard InChI is InChI=1S/C31H46ClN5O5S/c1-5-6-7-8-9-10-11-12-13-26(42-25-16-14-24(15-17-25)36-18-20-43(39,40)21-19-36)29(38)41-22-31(3,4)30-34-33-28-27(32)23(2)35-37(28)30/h14-17,26,33H,5-13,18-22H2,1-4H3. The third-order valence-corrected chi connectivity index (χ3v) is 10.1. The Morgan fingerprint density at radius 1 is 1.05 bits per heavy atom. The molecule has 238 valence electrons. The van der Waals surface area contributed by atoms with Gasteiger partial charge in [-0.05, 0) is 57.9 Å². The number of carbonyl (C=O) groups is 1. The minimum absolute atomic E-state index is 0.0937. The fraction of sp³-hybridized carbons (Fsp3) is 0.645. The zero-order chi connectivity index (χ0) is 31.0. The average molecular weight is 636 g/mol. The van der Waals surface area contributed by atoms with Crippen LogP contribution in [0.5, 0.6) is 5.75 Å². The first kappa shape index (κ1) is 33.1. The fourth-order valence-electron chi connectivity index (χ4n) is 5.32. The van der Waals surface area contributed by atoms with Crippen molar-refractivity contribution in [3.63, 3.8) is 0 Å². The molecule has 0 aliphatic carbocycles. The molecule has 2 aromatic heterocycles. The molecule has 0 spiro atoms. The Hall–Kier alpha value is -2.79. The number of rotatable bonds is 16. The van der Waals surface area contributed by atoms with Crippen LogP contribution in [0.2, 0.25) is 5.02 Å². The molecule has 12 heteroatoms. The van der Waals surface area contributed by atoms with Gasteiger partial charge in [0.05, 0.1) is 22.6 Å². The number of fused-ring (bicyclic) bond motifs is 1. The van der Waals surface area contributed by atoms with Crippen LogP contribution in [0.15, 0.2) is 24.3 Å². The summed E-state index contributed by atoms with van der Waals surface area (Å²) in [6, 6.07) is 7.49. The lowest BCUT2D eigenvalue weighted by Crippen LogP contribution is -2.40. The summed E-state index contributed by atoms with van der Waals surface area (Å²) >= 11 is 6.34. The minimum atomic E-state index is -2.95. The summed E-state index contributed by atoms with van der Waals surface area (Å²) < 4.78 is 37.3. The van der Waals surface area contributed by atoms with Crippen molar-refractivity contribution in [2.24, 2.45) is 0 Å². The summed E-state index contributed by atoms with van der Waals surface area (Å²) in [5.41, 5.74) is 1.60. The SMILES string of the molecule is CCCCCCCCCCC(Oc1ccc(N2CCS(=O)(=O)CC2)cc1)C(=O)OCC(C)(C)c1n[nH]c2c(Cl)c(C)nn12. The van der Waals surface area contributed by atoms with Gasteiger partial charge in [0, 0.05) is 18.8 Å². The van der Waals surface area contributed by atoms with Crippen molar-refractivity contribution in [1.29, 1.82) is 0 Å². The number of hydrogen-bond acceptors (Lipinski definition) is 8. The number of aryl methyl sites for hydroxylation is 1. The Kier molecular flexibility index (Phi) is 11.4. The highest BCUT2D eigenvalue weighted by molar-refractivity contribution is 7.91. The smallest absolute Gasteiger partial charge is 0.347 e. The number of H-pyrrole nitrogens is 1. The normalized spacial score (nSPS) is 16.0. The van der Waals surface area contributed by atoms with Crippen molar-refractivity contribution in [1.82, 2.24) is 19.8 Å². The molecule has 1 fully saturated rings. The number of sulfone groups is 1. The average Bonchev–Trinajstić information content (AvgIpc) is 3.52. The molecule has 0 saturated carbocycles. The van der Waals surface area contributed by atoms with Crippen molar-refractivity contribution in [3.8, 4) is 5.75 Å². The second kappa shape index (κ2) is 14.8. The maximum atomic E-state index is 13.4. The first-order valence-corrected chi connectivity index (χ1v) is 17.7. The molecule has 10 nitrogen and oxygen atoms in total. The summed E-state index contributed by atoms with van der Waals surface area (Å²) in [5.74, 6) is 1.09. The van der Waals surface area contributed by atoms with Crippen LogP contribution in [0.25, 0.3) is 5.65 Å². The lowest BCUT2D eigenvalue weighted by atomic mass is 9.94. The highest BCUT2D eigenvalue weighted by Gasteiger charge is 2.32. The Balaban J connectivity index is 1.38. The number of esters is 1. The van der Waals surface area contributed by atoms with Gasteiger partial charge in [-0.2, -0.15) is 14.7 Å². The van der Waals surface area contributed by atoms with E-state index in [-0.39, 0.29) is 18.1 Å². The van der Waals surface area contributed by atoms with Gasteiger partial charge >= 0.3 is 5.97 Å². The molecule has 0 bridgehead atoms. The lowest BCUT2D eigenvalue weighted by molar-refractivity contribution is -0.154.